The second-order valence-corrected chi connectivity index (χ2v) is 5.35. The Hall–Kier alpha value is -2.49. The predicted octanol–water partition coefficient (Wildman–Crippen LogP) is 4.19. The number of nitrogen functional groups attached to an aromatic ring is 1. The molecular formula is C17H19NO3. The van der Waals surface area contributed by atoms with Crippen molar-refractivity contribution in [1.29, 1.82) is 0 Å². The van der Waals surface area contributed by atoms with Gasteiger partial charge < -0.3 is 15.6 Å². The number of carboxylic acids is 1. The molecule has 4 heteroatoms. The van der Waals surface area contributed by atoms with Crippen molar-refractivity contribution in [2.24, 2.45) is 0 Å². The van der Waals surface area contributed by atoms with E-state index in [-0.39, 0.29) is 11.3 Å². The highest BCUT2D eigenvalue weighted by Crippen LogP contribution is 2.32. The number of aryl methyl sites for hydroxylation is 1. The molecule has 0 radical (unpaired) electrons. The number of rotatable bonds is 4. The van der Waals surface area contributed by atoms with Crippen molar-refractivity contribution in [3.8, 4) is 11.5 Å². The zero-order valence-electron chi connectivity index (χ0n) is 12.4. The van der Waals surface area contributed by atoms with Crippen LogP contribution in [0.15, 0.2) is 36.4 Å². The van der Waals surface area contributed by atoms with Gasteiger partial charge in [-0.3, -0.25) is 0 Å². The van der Waals surface area contributed by atoms with E-state index in [9.17, 15) is 4.79 Å². The number of ether oxygens (including phenoxy) is 1. The fourth-order valence-electron chi connectivity index (χ4n) is 2.13. The number of benzene rings is 2. The van der Waals surface area contributed by atoms with Crippen molar-refractivity contribution in [2.75, 3.05) is 5.73 Å². The molecule has 0 amide bonds. The molecule has 0 saturated carbocycles. The van der Waals surface area contributed by atoms with Gasteiger partial charge >= 0.3 is 5.97 Å². The van der Waals surface area contributed by atoms with Gasteiger partial charge in [0.25, 0.3) is 0 Å². The van der Waals surface area contributed by atoms with Crippen molar-refractivity contribution in [2.45, 2.75) is 26.7 Å². The summed E-state index contributed by atoms with van der Waals surface area (Å²) in [5.41, 5.74) is 8.22. The van der Waals surface area contributed by atoms with Gasteiger partial charge in [0.2, 0.25) is 0 Å². The molecule has 0 unspecified atom stereocenters. The van der Waals surface area contributed by atoms with E-state index in [0.29, 0.717) is 11.7 Å². The van der Waals surface area contributed by atoms with Gasteiger partial charge in [0.05, 0.1) is 5.56 Å². The smallest absolute Gasteiger partial charge is 0.337 e. The molecule has 0 saturated heterocycles. The zero-order chi connectivity index (χ0) is 15.6. The Bertz CT molecular complexity index is 678. The van der Waals surface area contributed by atoms with E-state index < -0.39 is 5.97 Å². The monoisotopic (exact) mass is 285 g/mol. The summed E-state index contributed by atoms with van der Waals surface area (Å²) in [6.45, 7) is 6.19. The number of aromatic carboxylic acids is 1. The van der Waals surface area contributed by atoms with Crippen LogP contribution in [-0.2, 0) is 0 Å². The maximum atomic E-state index is 11.0. The molecule has 0 fully saturated rings. The van der Waals surface area contributed by atoms with Crippen LogP contribution < -0.4 is 10.5 Å². The second-order valence-electron chi connectivity index (χ2n) is 5.35. The van der Waals surface area contributed by atoms with Gasteiger partial charge in [-0.15, -0.1) is 0 Å². The number of hydrogen-bond acceptors (Lipinski definition) is 3. The Morgan fingerprint density at radius 1 is 1.19 bits per heavy atom. The van der Waals surface area contributed by atoms with Gasteiger partial charge in [-0.05, 0) is 42.2 Å². The molecule has 2 aromatic rings. The van der Waals surface area contributed by atoms with Crippen LogP contribution in [0.5, 0.6) is 11.5 Å². The lowest BCUT2D eigenvalue weighted by molar-refractivity contribution is 0.0698. The molecule has 2 aromatic carbocycles. The Morgan fingerprint density at radius 2 is 1.90 bits per heavy atom. The lowest BCUT2D eigenvalue weighted by Crippen LogP contribution is -2.02. The fraction of sp³-hybridized carbons (Fsp3) is 0.235. The van der Waals surface area contributed by atoms with Crippen LogP contribution in [0.4, 0.5) is 5.69 Å². The van der Waals surface area contributed by atoms with Crippen molar-refractivity contribution in [3.63, 3.8) is 0 Å². The average Bonchev–Trinajstić information content (AvgIpc) is 2.37. The molecule has 0 heterocycles. The molecule has 21 heavy (non-hydrogen) atoms. The number of anilines is 1. The Balaban J connectivity index is 2.36. The summed E-state index contributed by atoms with van der Waals surface area (Å²) in [6.07, 6.45) is 0. The summed E-state index contributed by atoms with van der Waals surface area (Å²) < 4.78 is 5.89. The van der Waals surface area contributed by atoms with E-state index in [4.69, 9.17) is 15.6 Å². The fourth-order valence-corrected chi connectivity index (χ4v) is 2.13. The SMILES string of the molecule is Cc1ccc(C(C)C)c(Oc2ccc(C(=O)O)c(N)c2)c1. The van der Waals surface area contributed by atoms with E-state index in [1.54, 1.807) is 6.07 Å². The number of hydrogen-bond donors (Lipinski definition) is 2. The highest BCUT2D eigenvalue weighted by atomic mass is 16.5. The summed E-state index contributed by atoms with van der Waals surface area (Å²) in [5.74, 6) is 0.589. The van der Waals surface area contributed by atoms with E-state index in [0.717, 1.165) is 16.9 Å². The maximum Gasteiger partial charge on any atom is 0.337 e. The van der Waals surface area contributed by atoms with Gasteiger partial charge in [-0.25, -0.2) is 4.79 Å². The zero-order valence-corrected chi connectivity index (χ0v) is 12.4. The summed E-state index contributed by atoms with van der Waals surface area (Å²) in [6, 6.07) is 10.7. The Kier molecular flexibility index (Phi) is 4.17. The van der Waals surface area contributed by atoms with Gasteiger partial charge in [0.1, 0.15) is 11.5 Å². The van der Waals surface area contributed by atoms with Crippen molar-refractivity contribution < 1.29 is 14.6 Å². The quantitative estimate of drug-likeness (QED) is 0.826. The first-order chi connectivity index (χ1) is 9.88. The lowest BCUT2D eigenvalue weighted by atomic mass is 10.0. The number of carbonyl (C=O) groups is 1. The molecule has 0 atom stereocenters. The van der Waals surface area contributed by atoms with E-state index in [1.807, 2.05) is 25.1 Å². The van der Waals surface area contributed by atoms with Crippen LogP contribution in [0, 0.1) is 6.92 Å². The first kappa shape index (κ1) is 14.9. The summed E-state index contributed by atoms with van der Waals surface area (Å²) in [7, 11) is 0. The third kappa shape index (κ3) is 3.34. The Morgan fingerprint density at radius 3 is 2.48 bits per heavy atom. The number of carboxylic acid groups (broad SMARTS) is 1. The molecule has 0 aromatic heterocycles. The summed E-state index contributed by atoms with van der Waals surface area (Å²) in [5, 5.41) is 8.98. The number of nitrogens with two attached hydrogens (primary N) is 1. The van der Waals surface area contributed by atoms with E-state index in [1.165, 1.54) is 12.1 Å². The largest absolute Gasteiger partial charge is 0.478 e. The van der Waals surface area contributed by atoms with Crippen molar-refractivity contribution in [3.05, 3.63) is 53.1 Å². The van der Waals surface area contributed by atoms with Crippen LogP contribution in [0.3, 0.4) is 0 Å². The first-order valence-corrected chi connectivity index (χ1v) is 6.79. The standard InChI is InChI=1S/C17H19NO3/c1-10(2)13-6-4-11(3)8-16(13)21-12-5-7-14(17(19)20)15(18)9-12/h4-10H,18H2,1-3H3,(H,19,20). The third-order valence-corrected chi connectivity index (χ3v) is 3.27. The minimum atomic E-state index is -1.04. The topological polar surface area (TPSA) is 72.5 Å². The molecule has 0 aliphatic heterocycles. The minimum Gasteiger partial charge on any atom is -0.478 e. The van der Waals surface area contributed by atoms with Gasteiger partial charge in [0, 0.05) is 11.8 Å². The van der Waals surface area contributed by atoms with E-state index >= 15 is 0 Å². The average molecular weight is 285 g/mol. The highest BCUT2D eigenvalue weighted by molar-refractivity contribution is 5.93. The molecule has 4 nitrogen and oxygen atoms in total. The maximum absolute atomic E-state index is 11.0. The molecular weight excluding hydrogens is 266 g/mol. The van der Waals surface area contributed by atoms with Gasteiger partial charge in [-0.1, -0.05) is 26.0 Å². The molecule has 0 aliphatic rings. The van der Waals surface area contributed by atoms with E-state index in [2.05, 4.69) is 13.8 Å². The van der Waals surface area contributed by atoms with Crippen LogP contribution in [0.25, 0.3) is 0 Å². The molecule has 0 aliphatic carbocycles. The summed E-state index contributed by atoms with van der Waals surface area (Å²) >= 11 is 0. The third-order valence-electron chi connectivity index (χ3n) is 3.27. The lowest BCUT2D eigenvalue weighted by Gasteiger charge is -2.15. The van der Waals surface area contributed by atoms with Gasteiger partial charge in [0.15, 0.2) is 0 Å². The normalized spacial score (nSPS) is 10.7. The predicted molar refractivity (Wildman–Crippen MR) is 83.2 cm³/mol. The first-order valence-electron chi connectivity index (χ1n) is 6.79. The molecule has 3 N–H and O–H groups in total. The minimum absolute atomic E-state index is 0.0793. The highest BCUT2D eigenvalue weighted by Gasteiger charge is 2.12. The van der Waals surface area contributed by atoms with Crippen LogP contribution in [-0.4, -0.2) is 11.1 Å². The second kappa shape index (κ2) is 5.87. The molecule has 0 bridgehead atoms. The summed E-state index contributed by atoms with van der Waals surface area (Å²) in [4.78, 5) is 11.0. The molecule has 2 rings (SSSR count). The van der Waals surface area contributed by atoms with Crippen LogP contribution in [0.1, 0.15) is 41.3 Å². The van der Waals surface area contributed by atoms with Crippen molar-refractivity contribution >= 4 is 11.7 Å². The Labute approximate surface area is 124 Å². The van der Waals surface area contributed by atoms with Gasteiger partial charge in [-0.2, -0.15) is 0 Å². The van der Waals surface area contributed by atoms with Crippen LogP contribution >= 0.6 is 0 Å². The molecule has 110 valence electrons. The van der Waals surface area contributed by atoms with Crippen LogP contribution in [0.2, 0.25) is 0 Å². The molecule has 0 spiro atoms. The van der Waals surface area contributed by atoms with Crippen molar-refractivity contribution in [1.82, 2.24) is 0 Å².